The highest BCUT2D eigenvalue weighted by Gasteiger charge is 2.26. The number of aliphatic hydroxyl groups excluding tert-OH is 1. The van der Waals surface area contributed by atoms with Crippen LogP contribution in [0.2, 0.25) is 0 Å². The molecule has 2 unspecified atom stereocenters. The van der Waals surface area contributed by atoms with Crippen molar-refractivity contribution >= 4 is 34.3 Å². The van der Waals surface area contributed by atoms with Crippen molar-refractivity contribution < 1.29 is 24.3 Å². The fourth-order valence-electron chi connectivity index (χ4n) is 4.24. The quantitative estimate of drug-likeness (QED) is 0.129. The molecule has 11 heteroatoms. The van der Waals surface area contributed by atoms with Crippen LogP contribution in [0, 0.1) is 5.41 Å². The number of nitrogens with two attached hydrogens (primary N) is 1. The average Bonchev–Trinajstić information content (AvgIpc) is 3.52. The molecule has 0 bridgehead atoms. The van der Waals surface area contributed by atoms with Crippen LogP contribution in [0.3, 0.4) is 0 Å². The van der Waals surface area contributed by atoms with Crippen LogP contribution in [0.1, 0.15) is 35.2 Å². The number of nitrogens with zero attached hydrogens (tertiary/aromatic N) is 1. The number of carbonyl (C=O) groups excluding carboxylic acids is 2. The van der Waals surface area contributed by atoms with Crippen molar-refractivity contribution in [3.05, 3.63) is 70.9 Å². The van der Waals surface area contributed by atoms with Crippen LogP contribution in [0.5, 0.6) is 0 Å². The molecule has 1 aromatic heterocycles. The molecule has 0 fully saturated rings. The topological polar surface area (TPSA) is 175 Å². The van der Waals surface area contributed by atoms with Crippen LogP contribution in [0.4, 0.5) is 0 Å². The van der Waals surface area contributed by atoms with Crippen molar-refractivity contribution in [3.63, 3.8) is 0 Å². The van der Waals surface area contributed by atoms with Gasteiger partial charge in [0.25, 0.3) is 0 Å². The first-order chi connectivity index (χ1) is 17.9. The lowest BCUT2D eigenvalue weighted by atomic mass is 10.0. The molecule has 11 nitrogen and oxygen atoms in total. The van der Waals surface area contributed by atoms with Crippen LogP contribution in [0.15, 0.2) is 53.7 Å². The number of nitrogens with one attached hydrogen (secondary N) is 4. The fraction of sp³-hybridized carbons (Fsp3) is 0.308. The van der Waals surface area contributed by atoms with E-state index in [1.165, 1.54) is 7.11 Å². The van der Waals surface area contributed by atoms with Crippen molar-refractivity contribution in [2.24, 2.45) is 10.9 Å². The molecule has 37 heavy (non-hydrogen) atoms. The minimum absolute atomic E-state index is 0.0133. The van der Waals surface area contributed by atoms with Gasteiger partial charge in [-0.05, 0) is 11.6 Å². The van der Waals surface area contributed by atoms with Gasteiger partial charge >= 0.3 is 5.97 Å². The third-order valence-electron chi connectivity index (χ3n) is 6.25. The molecule has 0 spiro atoms. The van der Waals surface area contributed by atoms with Crippen LogP contribution in [0.25, 0.3) is 10.9 Å². The molecule has 2 aromatic carbocycles. The van der Waals surface area contributed by atoms with Gasteiger partial charge in [0.1, 0.15) is 18.0 Å². The maximum Gasteiger partial charge on any atom is 0.324 e. The molecule has 0 aliphatic carbocycles. The van der Waals surface area contributed by atoms with Crippen molar-refractivity contribution in [1.29, 1.82) is 5.41 Å². The molecular weight excluding hydrogens is 476 g/mol. The van der Waals surface area contributed by atoms with Crippen LogP contribution < -0.4 is 16.4 Å². The Labute approximate surface area is 213 Å². The van der Waals surface area contributed by atoms with Crippen LogP contribution in [-0.4, -0.2) is 59.3 Å². The van der Waals surface area contributed by atoms with Crippen molar-refractivity contribution in [2.75, 3.05) is 13.7 Å². The Balaban J connectivity index is 1.29. The Bertz CT molecular complexity index is 1320. The summed E-state index contributed by atoms with van der Waals surface area (Å²) >= 11 is 0. The highest BCUT2D eigenvalue weighted by molar-refractivity contribution is 6.03. The summed E-state index contributed by atoms with van der Waals surface area (Å²) in [6.07, 6.45) is 0.101. The number of fused-ring (bicyclic) bond motifs is 1. The molecule has 1 aliphatic heterocycles. The first-order valence-corrected chi connectivity index (χ1v) is 11.8. The summed E-state index contributed by atoms with van der Waals surface area (Å²) in [5.74, 6) is -0.815. The number of hydrogen-bond acceptors (Lipinski definition) is 8. The number of carbonyl (C=O) groups is 2. The second-order valence-corrected chi connectivity index (χ2v) is 8.71. The lowest BCUT2D eigenvalue weighted by Crippen LogP contribution is -2.46. The standard InChI is InChI=1S/C26H30N6O5/c1-36-26(35)23(29-12-22-19(14-33)18-4-2-3-5-20(18)31-22)13-30-24(34)11-17-10-21(32-37-17)15-6-8-16(9-7-15)25(27)28/h2-9,17,23,29,31,33H,10-14H2,1H3,(H3,27,28)(H,30,34). The molecule has 1 amide bonds. The molecule has 0 saturated heterocycles. The second-order valence-electron chi connectivity index (χ2n) is 8.71. The molecule has 2 heterocycles. The molecule has 4 rings (SSSR count). The monoisotopic (exact) mass is 506 g/mol. The summed E-state index contributed by atoms with van der Waals surface area (Å²) in [4.78, 5) is 33.6. The number of benzene rings is 2. The first kappa shape index (κ1) is 25.9. The third kappa shape index (κ3) is 6.13. The number of para-hydroxylation sites is 1. The van der Waals surface area contributed by atoms with Gasteiger partial charge in [-0.1, -0.05) is 47.6 Å². The van der Waals surface area contributed by atoms with E-state index in [9.17, 15) is 14.7 Å². The largest absolute Gasteiger partial charge is 0.468 e. The summed E-state index contributed by atoms with van der Waals surface area (Å²) < 4.78 is 4.89. The van der Waals surface area contributed by atoms with E-state index in [2.05, 4.69) is 20.8 Å². The average molecular weight is 507 g/mol. The zero-order valence-electron chi connectivity index (χ0n) is 20.4. The minimum atomic E-state index is -0.789. The number of aliphatic hydroxyl groups is 1. The molecule has 7 N–H and O–H groups in total. The third-order valence-corrected chi connectivity index (χ3v) is 6.25. The zero-order valence-corrected chi connectivity index (χ0v) is 20.4. The van der Waals surface area contributed by atoms with Gasteiger partial charge in [0.15, 0.2) is 0 Å². The van der Waals surface area contributed by atoms with Gasteiger partial charge < -0.3 is 30.7 Å². The normalized spacial score (nSPS) is 15.6. The molecule has 0 saturated carbocycles. The molecule has 3 aromatic rings. The van der Waals surface area contributed by atoms with E-state index in [4.69, 9.17) is 20.7 Å². The van der Waals surface area contributed by atoms with Crippen molar-refractivity contribution in [1.82, 2.24) is 15.6 Å². The number of nitrogen functional groups attached to an aromatic ring is 1. The van der Waals surface area contributed by atoms with E-state index >= 15 is 0 Å². The SMILES string of the molecule is COC(=O)C(CNC(=O)CC1CC(c2ccc(C(=N)N)cc2)=NO1)NCc1[nH]c2ccccc2c1CO. The maximum atomic E-state index is 12.6. The first-order valence-electron chi connectivity index (χ1n) is 11.8. The van der Waals surface area contributed by atoms with E-state index < -0.39 is 18.1 Å². The number of ether oxygens (including phenoxy) is 1. The summed E-state index contributed by atoms with van der Waals surface area (Å²) in [5.41, 5.74) is 10.0. The van der Waals surface area contributed by atoms with Crippen LogP contribution in [-0.2, 0) is 32.3 Å². The number of rotatable bonds is 11. The van der Waals surface area contributed by atoms with E-state index in [1.54, 1.807) is 12.1 Å². The Kier molecular flexibility index (Phi) is 8.16. The second kappa shape index (κ2) is 11.7. The number of amidine groups is 1. The van der Waals surface area contributed by atoms with Gasteiger partial charge in [0.05, 0.1) is 25.8 Å². The van der Waals surface area contributed by atoms with E-state index in [-0.39, 0.29) is 37.9 Å². The molecule has 194 valence electrons. The Hall–Kier alpha value is -4.22. The van der Waals surface area contributed by atoms with Crippen molar-refractivity contribution in [3.8, 4) is 0 Å². The number of amides is 1. The van der Waals surface area contributed by atoms with Crippen LogP contribution >= 0.6 is 0 Å². The lowest BCUT2D eigenvalue weighted by Gasteiger charge is -2.18. The van der Waals surface area contributed by atoms with Gasteiger partial charge in [0, 0.05) is 47.2 Å². The number of esters is 1. The number of H-pyrrole nitrogens is 1. The van der Waals surface area contributed by atoms with E-state index in [0.717, 1.165) is 27.7 Å². The predicted octanol–water partition coefficient (Wildman–Crippen LogP) is 1.27. The summed E-state index contributed by atoms with van der Waals surface area (Å²) in [5, 5.41) is 28.2. The smallest absolute Gasteiger partial charge is 0.324 e. The fourth-order valence-corrected chi connectivity index (χ4v) is 4.24. The summed E-state index contributed by atoms with van der Waals surface area (Å²) in [6.45, 7) is 0.145. The van der Waals surface area contributed by atoms with Gasteiger partial charge in [-0.2, -0.15) is 0 Å². The summed E-state index contributed by atoms with van der Waals surface area (Å²) in [7, 11) is 1.29. The molecule has 1 aliphatic rings. The number of hydrogen-bond donors (Lipinski definition) is 6. The van der Waals surface area contributed by atoms with E-state index in [0.29, 0.717) is 17.7 Å². The van der Waals surface area contributed by atoms with Crippen molar-refractivity contribution in [2.45, 2.75) is 38.1 Å². The Morgan fingerprint density at radius 2 is 2.03 bits per heavy atom. The summed E-state index contributed by atoms with van der Waals surface area (Å²) in [6, 6.07) is 13.9. The van der Waals surface area contributed by atoms with Gasteiger partial charge in [0.2, 0.25) is 5.91 Å². The molecular formula is C26H30N6O5. The Morgan fingerprint density at radius 1 is 1.27 bits per heavy atom. The molecule has 2 atom stereocenters. The number of aromatic amines is 1. The molecule has 0 radical (unpaired) electrons. The Morgan fingerprint density at radius 3 is 2.73 bits per heavy atom. The highest BCUT2D eigenvalue weighted by Crippen LogP contribution is 2.22. The number of methoxy groups -OCH3 is 1. The number of aromatic nitrogens is 1. The van der Waals surface area contributed by atoms with E-state index in [1.807, 2.05) is 36.4 Å². The zero-order chi connectivity index (χ0) is 26.4. The lowest BCUT2D eigenvalue weighted by molar-refractivity contribution is -0.143. The number of oxime groups is 1. The predicted molar refractivity (Wildman–Crippen MR) is 138 cm³/mol. The van der Waals surface area contributed by atoms with Gasteiger partial charge in [-0.3, -0.25) is 20.3 Å². The van der Waals surface area contributed by atoms with Gasteiger partial charge in [-0.15, -0.1) is 0 Å². The maximum absolute atomic E-state index is 12.6. The highest BCUT2D eigenvalue weighted by atomic mass is 16.6. The van der Waals surface area contributed by atoms with Gasteiger partial charge in [-0.25, -0.2) is 0 Å². The minimum Gasteiger partial charge on any atom is -0.468 e.